The van der Waals surface area contributed by atoms with Crippen LogP contribution in [0.4, 0.5) is 31.1 Å². The number of carbonyl (C=O) groups excluding carboxylic acids is 5. The minimum atomic E-state index is -5.39. The number of urea groups is 1. The largest absolute Gasteiger partial charge is 0.481 e. The van der Waals surface area contributed by atoms with E-state index >= 15 is 0 Å². The van der Waals surface area contributed by atoms with Gasteiger partial charge in [-0.15, -0.1) is 5.10 Å². The fourth-order valence-corrected chi connectivity index (χ4v) is 13.5. The third-order valence-corrected chi connectivity index (χ3v) is 18.5. The van der Waals surface area contributed by atoms with Gasteiger partial charge in [0.1, 0.15) is 30.3 Å². The first kappa shape index (κ1) is 66.9. The number of hydrogen-bond acceptors (Lipinski definition) is 16. The first-order valence-corrected chi connectivity index (χ1v) is 30.9. The van der Waals surface area contributed by atoms with Gasteiger partial charge in [-0.3, -0.25) is 28.2 Å². The first-order valence-electron chi connectivity index (χ1n) is 28.5. The van der Waals surface area contributed by atoms with E-state index in [0.29, 0.717) is 49.1 Å². The predicted molar refractivity (Wildman–Crippen MR) is 305 cm³/mol. The summed E-state index contributed by atoms with van der Waals surface area (Å²) in [5.41, 5.74) is -4.62. The van der Waals surface area contributed by atoms with Crippen LogP contribution in [0.25, 0.3) is 17.3 Å². The van der Waals surface area contributed by atoms with Crippen LogP contribution in [0.15, 0.2) is 90.0 Å². The van der Waals surface area contributed by atoms with E-state index < -0.39 is 118 Å². The van der Waals surface area contributed by atoms with Crippen molar-refractivity contribution >= 4 is 63.3 Å². The predicted octanol–water partition coefficient (Wildman–Crippen LogP) is 6.58. The summed E-state index contributed by atoms with van der Waals surface area (Å²) in [6, 6.07) is 12.4. The van der Waals surface area contributed by atoms with Gasteiger partial charge in [-0.2, -0.15) is 46.5 Å². The lowest BCUT2D eigenvalue weighted by molar-refractivity contribution is -0.282. The fraction of sp³-hybridized carbons (Fsp3) is 0.492. The van der Waals surface area contributed by atoms with Crippen molar-refractivity contribution in [3.05, 3.63) is 118 Å². The summed E-state index contributed by atoms with van der Waals surface area (Å²) >= 11 is 1.75. The van der Waals surface area contributed by atoms with Crippen LogP contribution in [-0.2, 0) is 68.3 Å². The molecule has 0 bridgehead atoms. The molecule has 10 atom stereocenters. The number of nitrogens with one attached hydrogen (secondary N) is 4. The highest BCUT2D eigenvalue weighted by Gasteiger charge is 2.47. The molecule has 476 valence electrons. The number of aliphatic hydroxyl groups is 2. The number of benzene rings is 3. The molecule has 3 aromatic carbocycles. The first-order chi connectivity index (χ1) is 41.7. The van der Waals surface area contributed by atoms with E-state index in [1.165, 1.54) is 36.4 Å². The quantitative estimate of drug-likeness (QED) is 0.00601. The highest BCUT2D eigenvalue weighted by Crippen LogP contribution is 2.43. The van der Waals surface area contributed by atoms with Gasteiger partial charge >= 0.3 is 24.4 Å². The molecule has 4 fully saturated rings. The number of ether oxygens (including phenoxy) is 2. The summed E-state index contributed by atoms with van der Waals surface area (Å²) in [5.74, 6) is -4.06. The van der Waals surface area contributed by atoms with Gasteiger partial charge in [0.15, 0.2) is 12.1 Å². The molecule has 8 rings (SSSR count). The normalized spacial score (nSPS) is 24.0. The number of Topliss-reactive ketones (excluding diaryl/α,β-unsaturated/α-hetero) is 2. The third kappa shape index (κ3) is 17.9. The number of aliphatic carboxylic acids is 1. The number of allylic oxidation sites excluding steroid dienone is 1. The molecule has 29 heteroatoms. The summed E-state index contributed by atoms with van der Waals surface area (Å²) in [7, 11) is -4.26. The Morgan fingerprint density at radius 3 is 2.32 bits per heavy atom. The van der Waals surface area contributed by atoms with E-state index in [4.69, 9.17) is 13.7 Å². The molecule has 1 aliphatic carbocycles. The van der Waals surface area contributed by atoms with E-state index in [1.807, 2.05) is 0 Å². The van der Waals surface area contributed by atoms with Crippen LogP contribution in [0.5, 0.6) is 0 Å². The molecule has 1 saturated carbocycles. The molecule has 0 spiro atoms. The summed E-state index contributed by atoms with van der Waals surface area (Å²) in [6.07, 6.45) is -8.10. The molecule has 4 amide bonds. The molecule has 7 N–H and O–H groups in total. The molecule has 4 aromatic rings. The summed E-state index contributed by atoms with van der Waals surface area (Å²) in [4.78, 5) is 73.5. The lowest BCUT2D eigenvalue weighted by Crippen LogP contribution is -2.57. The monoisotopic (exact) mass is 1280 g/mol. The number of ketones is 2. The molecule has 4 heterocycles. The van der Waals surface area contributed by atoms with E-state index in [0.717, 1.165) is 35.0 Å². The summed E-state index contributed by atoms with van der Waals surface area (Å²) < 4.78 is 132. The van der Waals surface area contributed by atoms with Gasteiger partial charge in [0.25, 0.3) is 10.1 Å². The molecule has 88 heavy (non-hydrogen) atoms. The van der Waals surface area contributed by atoms with Crippen molar-refractivity contribution in [2.75, 3.05) is 32.1 Å². The van der Waals surface area contributed by atoms with E-state index in [9.17, 15) is 78.8 Å². The Labute approximate surface area is 506 Å². The zero-order valence-electron chi connectivity index (χ0n) is 47.5. The van der Waals surface area contributed by atoms with E-state index in [1.54, 1.807) is 43.0 Å². The van der Waals surface area contributed by atoms with Gasteiger partial charge in [-0.1, -0.05) is 65.7 Å². The van der Waals surface area contributed by atoms with Crippen molar-refractivity contribution in [3.8, 4) is 11.3 Å². The molecule has 0 radical (unpaired) electrons. The summed E-state index contributed by atoms with van der Waals surface area (Å²) in [5, 5.41) is 51.2. The molecular weight excluding hydrogens is 1210 g/mol. The van der Waals surface area contributed by atoms with Gasteiger partial charge in [0.2, 0.25) is 11.8 Å². The number of thioether (sulfide) groups is 1. The van der Waals surface area contributed by atoms with Crippen molar-refractivity contribution in [3.63, 3.8) is 0 Å². The number of aryl methyl sites for hydroxylation is 1. The molecular formula is C59H67F6N7O14S2. The average molecular weight is 1280 g/mol. The Hall–Kier alpha value is -7.02. The molecule has 4 aliphatic rings. The highest BCUT2D eigenvalue weighted by molar-refractivity contribution is 8.00. The number of carboxylic acids is 1. The zero-order chi connectivity index (χ0) is 63.5. The summed E-state index contributed by atoms with van der Waals surface area (Å²) in [6.45, 7) is 0.177. The number of nitrogens with zero attached hydrogens (tertiary/aromatic N) is 3. The number of carbonyl (C=O) groups is 6. The maximum absolute atomic E-state index is 14.7. The number of rotatable bonds is 28. The SMILES string of the molecule is Cc1ccc(S(=O)(=O)OCC(=O)c2ccc(C[C@@H]3[C@@H](OCC/C=C\C[C@H]4C(=O)CC[C@@H]4CC(=O)O)O[C@@H](Cn4cc(-c5cc(C(F)(F)F)c(/C=C/C(=O)NCCNC(=O)CCCC[C@@H]6SC[C@@H]7NC(=O)N[C@@H]76)c(C(F)(F)F)c5)nn4)[C@H](O)[C@H]3O)cc2)cc1. The number of hydrogen-bond donors (Lipinski definition) is 7. The Balaban J connectivity index is 0.905. The van der Waals surface area contributed by atoms with Crippen LogP contribution in [0.2, 0.25) is 0 Å². The Kier molecular flexibility index (Phi) is 22.5. The van der Waals surface area contributed by atoms with Crippen LogP contribution >= 0.6 is 11.8 Å². The second-order valence-corrected chi connectivity index (χ2v) is 24.9. The number of halogens is 6. The highest BCUT2D eigenvalue weighted by atomic mass is 32.2. The Bertz CT molecular complexity index is 3290. The Morgan fingerprint density at radius 2 is 1.62 bits per heavy atom. The topological polar surface area (TPSA) is 304 Å². The van der Waals surface area contributed by atoms with Crippen molar-refractivity contribution in [2.24, 2.45) is 17.8 Å². The molecule has 0 unspecified atom stereocenters. The number of unbranched alkanes of at least 4 members (excludes halogenated alkanes) is 1. The third-order valence-electron chi connectivity index (χ3n) is 15.8. The van der Waals surface area contributed by atoms with Gasteiger partial charge in [-0.05, 0) is 92.8 Å². The van der Waals surface area contributed by atoms with Crippen LogP contribution in [0.1, 0.15) is 96.0 Å². The van der Waals surface area contributed by atoms with Gasteiger partial charge in [-0.25, -0.2) is 9.48 Å². The second kappa shape index (κ2) is 29.5. The maximum atomic E-state index is 14.7. The maximum Gasteiger partial charge on any atom is 0.417 e. The molecule has 3 aliphatic heterocycles. The van der Waals surface area contributed by atoms with E-state index in [2.05, 4.69) is 31.6 Å². The molecule has 1 aromatic heterocycles. The van der Waals surface area contributed by atoms with Gasteiger partial charge < -0.3 is 46.1 Å². The van der Waals surface area contributed by atoms with Gasteiger partial charge in [0.05, 0.1) is 53.6 Å². The lowest BCUT2D eigenvalue weighted by atomic mass is 9.85. The van der Waals surface area contributed by atoms with Gasteiger partial charge in [0, 0.05) is 72.4 Å². The smallest absolute Gasteiger partial charge is 0.417 e. The standard InChI is InChI=1S/C59H67F6N7O14S2/c1-33-10-17-38(18-11-33)88(82,83)85-31-47(74)35-14-12-34(13-15-35)25-41-54(79)55(80)48(86-56(41)84-24-6-2-3-7-39-36(28-52(77)78)16-20-46(39)73)30-72-29-44(70-71-72)37-26-42(58(60,61)62)40(43(27-37)59(63,64)65)19-21-51(76)67-23-22-66-50(75)9-5-4-8-49-53-45(32-87-49)68-57(81)69-53/h2-3,10-15,17-19,21,26-27,29,36,39,41,45,48-49,53-56,79-80H,4-9,16,20,22-25,28,30-32H2,1H3,(H,66,75)(H,67,76)(H,77,78)(H2,68,69,81)/b3-2-,21-19+/t36-,39-,41+,45+,48+,49+,53+,54+,55+,56+/m1/s1. The number of aliphatic hydroxyl groups excluding tert-OH is 2. The van der Waals surface area contributed by atoms with Crippen molar-refractivity contribution in [2.45, 2.75) is 137 Å². The lowest BCUT2D eigenvalue weighted by Gasteiger charge is -2.42. The van der Waals surface area contributed by atoms with Crippen molar-refractivity contribution in [1.29, 1.82) is 0 Å². The molecule has 21 nitrogen and oxygen atoms in total. The number of carboxylic acid groups (broad SMARTS) is 1. The van der Waals surface area contributed by atoms with Crippen LogP contribution in [-0.4, -0.2) is 148 Å². The minimum Gasteiger partial charge on any atom is -0.481 e. The van der Waals surface area contributed by atoms with E-state index in [-0.39, 0.29) is 103 Å². The van der Waals surface area contributed by atoms with Crippen LogP contribution in [0, 0.1) is 24.7 Å². The van der Waals surface area contributed by atoms with Crippen molar-refractivity contribution < 1.29 is 92.5 Å². The number of aromatic nitrogens is 3. The zero-order valence-corrected chi connectivity index (χ0v) is 49.1. The fourth-order valence-electron chi connectivity index (χ4n) is 11.1. The second-order valence-electron chi connectivity index (χ2n) is 22.0. The number of amides is 4. The van der Waals surface area contributed by atoms with Crippen LogP contribution in [0.3, 0.4) is 0 Å². The number of alkyl halides is 6. The molecule has 3 saturated heterocycles. The Morgan fingerprint density at radius 1 is 0.920 bits per heavy atom. The minimum absolute atomic E-state index is 0.0312. The van der Waals surface area contributed by atoms with Crippen LogP contribution < -0.4 is 21.3 Å². The van der Waals surface area contributed by atoms with Crippen molar-refractivity contribution in [1.82, 2.24) is 36.3 Å². The number of fused-ring (bicyclic) bond motifs is 1. The average Bonchev–Trinajstić information content (AvgIpc) is 2.02.